The average molecular weight is 441 g/mol. The number of non-ortho nitro benzene ring substituents is 1. The smallest absolute Gasteiger partial charge is 0.269 e. The number of halogens is 2. The third kappa shape index (κ3) is 4.04. The van der Waals surface area contributed by atoms with E-state index in [9.17, 15) is 28.5 Å². The summed E-state index contributed by atoms with van der Waals surface area (Å²) in [5.74, 6) is -3.00. The Labute approximate surface area is 180 Å². The highest BCUT2D eigenvalue weighted by atomic mass is 19.1. The number of hydrogen-bond acceptors (Lipinski definition) is 5. The number of anilines is 2. The number of nitrogens with one attached hydrogen (secondary N) is 1. The highest BCUT2D eigenvalue weighted by Crippen LogP contribution is 2.29. The second-order valence-corrected chi connectivity index (χ2v) is 7.35. The van der Waals surface area contributed by atoms with Gasteiger partial charge >= 0.3 is 0 Å². The van der Waals surface area contributed by atoms with Gasteiger partial charge in [0.15, 0.2) is 0 Å². The van der Waals surface area contributed by atoms with Gasteiger partial charge in [0.1, 0.15) is 17.5 Å². The molecule has 1 fully saturated rings. The fraction of sp³-hybridized carbons (Fsp3) is 0.190. The standard InChI is InChI=1S/C21H17F2N5O4/c1-12-8-19(27(25-12)15-3-5-16(6-4-15)28(31)32)24-21(30)13-9-20(29)26(11-13)18-7-2-14(22)10-17(18)23/h2-8,10,13H,9,11H2,1H3,(H,24,30). The van der Waals surface area contributed by atoms with Crippen molar-refractivity contribution in [2.45, 2.75) is 13.3 Å². The predicted molar refractivity (Wildman–Crippen MR) is 110 cm³/mol. The SMILES string of the molecule is Cc1cc(NC(=O)C2CC(=O)N(c3ccc(F)cc3F)C2)n(-c2ccc([N+](=O)[O-])cc2)n1. The Kier molecular flexibility index (Phi) is 5.39. The van der Waals surface area contributed by atoms with Gasteiger partial charge < -0.3 is 10.2 Å². The molecule has 1 atom stereocenters. The Hall–Kier alpha value is -4.15. The lowest BCUT2D eigenvalue weighted by molar-refractivity contribution is -0.384. The second kappa shape index (κ2) is 8.17. The highest BCUT2D eigenvalue weighted by Gasteiger charge is 2.36. The van der Waals surface area contributed by atoms with Crippen molar-refractivity contribution in [1.82, 2.24) is 9.78 Å². The van der Waals surface area contributed by atoms with E-state index in [1.807, 2.05) is 0 Å². The lowest BCUT2D eigenvalue weighted by atomic mass is 10.1. The number of nitro benzene ring substituents is 1. The van der Waals surface area contributed by atoms with Crippen molar-refractivity contribution in [3.63, 3.8) is 0 Å². The Bertz CT molecular complexity index is 1230. The third-order valence-electron chi connectivity index (χ3n) is 5.08. The van der Waals surface area contributed by atoms with Crippen molar-refractivity contribution < 1.29 is 23.3 Å². The highest BCUT2D eigenvalue weighted by molar-refractivity contribution is 6.03. The van der Waals surface area contributed by atoms with Crippen molar-refractivity contribution >= 4 is 29.0 Å². The molecule has 0 aliphatic carbocycles. The summed E-state index contributed by atoms with van der Waals surface area (Å²) in [7, 11) is 0. The molecule has 11 heteroatoms. The van der Waals surface area contributed by atoms with Crippen LogP contribution < -0.4 is 10.2 Å². The zero-order valence-corrected chi connectivity index (χ0v) is 16.8. The molecule has 2 heterocycles. The minimum Gasteiger partial charge on any atom is -0.310 e. The number of hydrogen-bond donors (Lipinski definition) is 1. The average Bonchev–Trinajstić information content (AvgIpc) is 3.30. The van der Waals surface area contributed by atoms with E-state index >= 15 is 0 Å². The first-order valence-electron chi connectivity index (χ1n) is 9.60. The van der Waals surface area contributed by atoms with Gasteiger partial charge in [-0.25, -0.2) is 13.5 Å². The molecule has 0 spiro atoms. The zero-order valence-electron chi connectivity index (χ0n) is 16.8. The van der Waals surface area contributed by atoms with Crippen molar-refractivity contribution in [3.05, 3.63) is 76.0 Å². The van der Waals surface area contributed by atoms with Crippen LogP contribution in [0.25, 0.3) is 5.69 Å². The van der Waals surface area contributed by atoms with Gasteiger partial charge in [0.25, 0.3) is 5.69 Å². The van der Waals surface area contributed by atoms with Crippen molar-refractivity contribution in [2.24, 2.45) is 5.92 Å². The van der Waals surface area contributed by atoms with Gasteiger partial charge in [0.2, 0.25) is 11.8 Å². The number of rotatable bonds is 5. The van der Waals surface area contributed by atoms with Gasteiger partial charge in [-0.2, -0.15) is 5.10 Å². The van der Waals surface area contributed by atoms with Gasteiger partial charge in [-0.05, 0) is 31.2 Å². The van der Waals surface area contributed by atoms with Crippen molar-refractivity contribution in [3.8, 4) is 5.69 Å². The summed E-state index contributed by atoms with van der Waals surface area (Å²) < 4.78 is 28.7. The van der Waals surface area contributed by atoms with E-state index in [0.717, 1.165) is 17.0 Å². The molecule has 0 radical (unpaired) electrons. The molecule has 1 aliphatic heterocycles. The van der Waals surface area contributed by atoms with E-state index in [4.69, 9.17) is 0 Å². The van der Waals surface area contributed by atoms with Crippen LogP contribution in [0.3, 0.4) is 0 Å². The van der Waals surface area contributed by atoms with E-state index in [2.05, 4.69) is 10.4 Å². The van der Waals surface area contributed by atoms with Crippen LogP contribution in [0.2, 0.25) is 0 Å². The normalized spacial score (nSPS) is 15.8. The first-order chi connectivity index (χ1) is 15.2. The molecule has 0 saturated carbocycles. The molecule has 1 aliphatic rings. The lowest BCUT2D eigenvalue weighted by Gasteiger charge is -2.17. The number of benzene rings is 2. The molecule has 2 amide bonds. The fourth-order valence-electron chi connectivity index (χ4n) is 3.55. The number of aromatic nitrogens is 2. The molecule has 2 aromatic carbocycles. The summed E-state index contributed by atoms with van der Waals surface area (Å²) in [6.45, 7) is 1.66. The molecule has 9 nitrogen and oxygen atoms in total. The maximum atomic E-state index is 14.1. The summed E-state index contributed by atoms with van der Waals surface area (Å²) in [6.07, 6.45) is -0.132. The minimum absolute atomic E-state index is 0.0577. The van der Waals surface area contributed by atoms with Crippen LogP contribution in [0, 0.1) is 34.6 Å². The first kappa shape index (κ1) is 21.1. The van der Waals surface area contributed by atoms with Crippen LogP contribution in [0.1, 0.15) is 12.1 Å². The summed E-state index contributed by atoms with van der Waals surface area (Å²) in [6, 6.07) is 10.2. The molecule has 0 bridgehead atoms. The molecule has 1 N–H and O–H groups in total. The van der Waals surface area contributed by atoms with E-state index < -0.39 is 34.3 Å². The number of aryl methyl sites for hydroxylation is 1. The summed E-state index contributed by atoms with van der Waals surface area (Å²) in [4.78, 5) is 36.7. The van der Waals surface area contributed by atoms with E-state index in [0.29, 0.717) is 23.3 Å². The number of nitro groups is 1. The van der Waals surface area contributed by atoms with E-state index in [-0.39, 0.29) is 24.3 Å². The van der Waals surface area contributed by atoms with Crippen LogP contribution in [-0.4, -0.2) is 33.1 Å². The van der Waals surface area contributed by atoms with Gasteiger partial charge in [0.05, 0.1) is 27.9 Å². The van der Waals surface area contributed by atoms with Crippen LogP contribution in [0.4, 0.5) is 26.0 Å². The lowest BCUT2D eigenvalue weighted by Crippen LogP contribution is -2.29. The summed E-state index contributed by atoms with van der Waals surface area (Å²) in [5, 5.41) is 17.9. The molecule has 4 rings (SSSR count). The molecule has 1 aromatic heterocycles. The maximum Gasteiger partial charge on any atom is 0.269 e. The van der Waals surface area contributed by atoms with Gasteiger partial charge in [0, 0.05) is 37.2 Å². The number of nitrogens with zero attached hydrogens (tertiary/aromatic N) is 4. The van der Waals surface area contributed by atoms with Crippen LogP contribution in [0.5, 0.6) is 0 Å². The fourth-order valence-corrected chi connectivity index (χ4v) is 3.55. The second-order valence-electron chi connectivity index (χ2n) is 7.35. The number of amides is 2. The predicted octanol–water partition coefficient (Wildman–Crippen LogP) is 3.36. The summed E-state index contributed by atoms with van der Waals surface area (Å²) in [5.41, 5.74) is 0.923. The Morgan fingerprint density at radius 3 is 2.56 bits per heavy atom. The molecule has 32 heavy (non-hydrogen) atoms. The van der Waals surface area contributed by atoms with Crippen molar-refractivity contribution in [2.75, 3.05) is 16.8 Å². The molecule has 164 valence electrons. The molecular formula is C21H17F2N5O4. The molecular weight excluding hydrogens is 424 g/mol. The Morgan fingerprint density at radius 1 is 1.19 bits per heavy atom. The van der Waals surface area contributed by atoms with Crippen molar-refractivity contribution in [1.29, 1.82) is 0 Å². The van der Waals surface area contributed by atoms with Gasteiger partial charge in [-0.15, -0.1) is 0 Å². The molecule has 1 saturated heterocycles. The first-order valence-corrected chi connectivity index (χ1v) is 9.60. The topological polar surface area (TPSA) is 110 Å². The Balaban J connectivity index is 1.52. The van der Waals surface area contributed by atoms with E-state index in [1.54, 1.807) is 13.0 Å². The van der Waals surface area contributed by atoms with Gasteiger partial charge in [-0.3, -0.25) is 19.7 Å². The van der Waals surface area contributed by atoms with E-state index in [1.165, 1.54) is 28.9 Å². The minimum atomic E-state index is -0.883. The Morgan fingerprint density at radius 2 is 1.91 bits per heavy atom. The monoisotopic (exact) mass is 441 g/mol. The number of carbonyl (C=O) groups excluding carboxylic acids is 2. The molecule has 1 unspecified atom stereocenters. The summed E-state index contributed by atoms with van der Waals surface area (Å²) >= 11 is 0. The largest absolute Gasteiger partial charge is 0.310 e. The van der Waals surface area contributed by atoms with Gasteiger partial charge in [-0.1, -0.05) is 0 Å². The van der Waals surface area contributed by atoms with Crippen LogP contribution in [-0.2, 0) is 9.59 Å². The third-order valence-corrected chi connectivity index (χ3v) is 5.08. The molecule has 3 aromatic rings. The quantitative estimate of drug-likeness (QED) is 0.482. The van der Waals surface area contributed by atoms with Crippen LogP contribution >= 0.6 is 0 Å². The maximum absolute atomic E-state index is 14.1. The zero-order chi connectivity index (χ0) is 23.0. The van der Waals surface area contributed by atoms with Crippen LogP contribution in [0.15, 0.2) is 48.5 Å². The number of carbonyl (C=O) groups is 2.